The fourth-order valence-corrected chi connectivity index (χ4v) is 0.780. The Balaban J connectivity index is 0. The average Bonchev–Trinajstić information content (AvgIpc) is 1.31. The van der Waals surface area contributed by atoms with Crippen LogP contribution in [0.2, 0.25) is 0 Å². The zero-order valence-electron chi connectivity index (χ0n) is 5.41. The molecule has 1 fully saturated rings. The summed E-state index contributed by atoms with van der Waals surface area (Å²) in [5, 5.41) is 0. The Kier molecular flexibility index (Phi) is 10.1. The third kappa shape index (κ3) is 3.51. The molecule has 0 bridgehead atoms. The molecule has 1 aliphatic rings. The van der Waals surface area contributed by atoms with Crippen molar-refractivity contribution in [1.29, 1.82) is 0 Å². The van der Waals surface area contributed by atoms with Crippen molar-refractivity contribution < 1.29 is 24.0 Å². The quantitative estimate of drug-likeness (QED) is 0.303. The summed E-state index contributed by atoms with van der Waals surface area (Å²) in [6.45, 7) is 2.24. The maximum Gasteiger partial charge on any atom is 2.00 e. The fourth-order valence-electron chi connectivity index (χ4n) is 0.780. The minimum absolute atomic E-state index is 0. The summed E-state index contributed by atoms with van der Waals surface area (Å²) in [5.74, 6) is 1.77. The first-order valence-corrected chi connectivity index (χ1v) is 2.77. The number of hydrogen-bond acceptors (Lipinski definition) is 0. The third-order valence-electron chi connectivity index (χ3n) is 1.56. The van der Waals surface area contributed by atoms with Gasteiger partial charge in [-0.3, -0.25) is 0 Å². The molecule has 44 valence electrons. The van der Waals surface area contributed by atoms with Gasteiger partial charge in [0, 0.05) is 0 Å². The Morgan fingerprint density at radius 2 is 1.88 bits per heavy atom. The smallest absolute Gasteiger partial charge is 1.00 e. The number of halogens is 1. The van der Waals surface area contributed by atoms with E-state index in [1.807, 2.05) is 0 Å². The van der Waals surface area contributed by atoms with E-state index in [4.69, 9.17) is 0 Å². The molecule has 0 unspecified atom stereocenters. The van der Waals surface area contributed by atoms with Crippen LogP contribution in [0, 0.1) is 5.92 Å². The van der Waals surface area contributed by atoms with Crippen LogP contribution in [0.1, 0.15) is 32.6 Å². The average molecular weight is 234 g/mol. The Morgan fingerprint density at radius 1 is 1.38 bits per heavy atom. The van der Waals surface area contributed by atoms with Gasteiger partial charge in [-0.05, 0) is 0 Å². The van der Waals surface area contributed by atoms with E-state index >= 15 is 0 Å². The molecule has 1 aliphatic carbocycles. The van der Waals surface area contributed by atoms with Gasteiger partial charge in [-0.25, -0.2) is 0 Å². The second-order valence-electron chi connectivity index (χ2n) is 1.96. The number of hydrogen-bond donors (Lipinski definition) is 0. The fraction of sp³-hybridized carbons (Fsp3) is 0.833. The summed E-state index contributed by atoms with van der Waals surface area (Å²) < 4.78 is 0. The molecule has 8 heavy (non-hydrogen) atoms. The van der Waals surface area contributed by atoms with Gasteiger partial charge < -0.3 is 29.9 Å². The standard InChI is InChI=1S/C6H11.HI.Mg/c1-2-6-4-3-5-6;;/h2-5H2,1H3;1H;/q-1;;+2/p-1. The van der Waals surface area contributed by atoms with Crippen LogP contribution in [-0.4, -0.2) is 23.1 Å². The molecule has 0 amide bonds. The second kappa shape index (κ2) is 6.61. The molecule has 0 nitrogen and oxygen atoms in total. The van der Waals surface area contributed by atoms with Gasteiger partial charge in [0.2, 0.25) is 0 Å². The van der Waals surface area contributed by atoms with Crippen LogP contribution < -0.4 is 24.0 Å². The van der Waals surface area contributed by atoms with Crippen molar-refractivity contribution in [2.45, 2.75) is 32.6 Å². The molecular formula is C6H11IMg. The van der Waals surface area contributed by atoms with Crippen LogP contribution in [0.3, 0.4) is 0 Å². The molecular weight excluding hydrogens is 223 g/mol. The summed E-state index contributed by atoms with van der Waals surface area (Å²) in [4.78, 5) is 0. The van der Waals surface area contributed by atoms with Crippen molar-refractivity contribution in [3.8, 4) is 0 Å². The van der Waals surface area contributed by atoms with E-state index in [-0.39, 0.29) is 47.0 Å². The molecule has 1 rings (SSSR count). The van der Waals surface area contributed by atoms with E-state index in [0.29, 0.717) is 0 Å². The van der Waals surface area contributed by atoms with Gasteiger partial charge >= 0.3 is 23.1 Å². The molecule has 0 aromatic heterocycles. The largest absolute Gasteiger partial charge is 2.00 e. The SMILES string of the molecule is CC[C-]1CCC1.[I-].[Mg+2]. The van der Waals surface area contributed by atoms with Crippen LogP contribution in [0.25, 0.3) is 0 Å². The minimum atomic E-state index is 0. The van der Waals surface area contributed by atoms with Crippen LogP contribution in [0.15, 0.2) is 0 Å². The van der Waals surface area contributed by atoms with Crippen LogP contribution in [0.5, 0.6) is 0 Å². The number of rotatable bonds is 1. The molecule has 0 heterocycles. The summed E-state index contributed by atoms with van der Waals surface area (Å²) >= 11 is 0. The van der Waals surface area contributed by atoms with Gasteiger partial charge in [0.05, 0.1) is 0 Å². The first-order chi connectivity index (χ1) is 2.93. The van der Waals surface area contributed by atoms with E-state index in [2.05, 4.69) is 6.92 Å². The zero-order valence-corrected chi connectivity index (χ0v) is 8.99. The van der Waals surface area contributed by atoms with E-state index < -0.39 is 0 Å². The van der Waals surface area contributed by atoms with Crippen LogP contribution >= 0.6 is 0 Å². The van der Waals surface area contributed by atoms with E-state index in [1.54, 1.807) is 5.92 Å². The molecule has 2 heteroatoms. The maximum atomic E-state index is 2.24. The summed E-state index contributed by atoms with van der Waals surface area (Å²) in [6, 6.07) is 0. The van der Waals surface area contributed by atoms with Gasteiger partial charge in [-0.2, -0.15) is 19.3 Å². The summed E-state index contributed by atoms with van der Waals surface area (Å²) in [5.41, 5.74) is 0. The topological polar surface area (TPSA) is 0 Å². The molecule has 0 saturated heterocycles. The predicted molar refractivity (Wildman–Crippen MR) is 33.1 cm³/mol. The van der Waals surface area contributed by atoms with E-state index in [9.17, 15) is 0 Å². The van der Waals surface area contributed by atoms with Gasteiger partial charge in [0.1, 0.15) is 0 Å². The first-order valence-electron chi connectivity index (χ1n) is 2.77. The van der Waals surface area contributed by atoms with Crippen LogP contribution in [-0.2, 0) is 0 Å². The Hall–Kier alpha value is 1.50. The van der Waals surface area contributed by atoms with Crippen molar-refractivity contribution in [3.05, 3.63) is 5.92 Å². The molecule has 0 atom stereocenters. The molecule has 0 radical (unpaired) electrons. The van der Waals surface area contributed by atoms with Gasteiger partial charge in [-0.1, -0.05) is 6.92 Å². The van der Waals surface area contributed by atoms with Crippen molar-refractivity contribution in [2.75, 3.05) is 0 Å². The third-order valence-corrected chi connectivity index (χ3v) is 1.56. The summed E-state index contributed by atoms with van der Waals surface area (Å²) in [6.07, 6.45) is 5.65. The van der Waals surface area contributed by atoms with Crippen molar-refractivity contribution in [2.24, 2.45) is 0 Å². The normalized spacial score (nSPS) is 17.6. The van der Waals surface area contributed by atoms with Gasteiger partial charge in [0.25, 0.3) is 0 Å². The second-order valence-corrected chi connectivity index (χ2v) is 1.96. The predicted octanol–water partition coefficient (Wildman–Crippen LogP) is -1.22. The van der Waals surface area contributed by atoms with E-state index in [0.717, 1.165) is 0 Å². The summed E-state index contributed by atoms with van der Waals surface area (Å²) in [7, 11) is 0. The van der Waals surface area contributed by atoms with Gasteiger partial charge in [-0.15, -0.1) is 6.42 Å². The first kappa shape index (κ1) is 12.2. The zero-order chi connectivity index (χ0) is 4.41. The molecule has 0 aromatic carbocycles. The Bertz CT molecular complexity index is 41.0. The van der Waals surface area contributed by atoms with Gasteiger partial charge in [0.15, 0.2) is 0 Å². The van der Waals surface area contributed by atoms with Crippen molar-refractivity contribution >= 4 is 23.1 Å². The maximum absolute atomic E-state index is 2.24. The molecule has 0 aliphatic heterocycles. The molecule has 1 saturated carbocycles. The van der Waals surface area contributed by atoms with Crippen molar-refractivity contribution in [3.63, 3.8) is 0 Å². The Labute approximate surface area is 85.0 Å². The minimum Gasteiger partial charge on any atom is -1.00 e. The molecule has 0 spiro atoms. The Morgan fingerprint density at radius 3 is 1.88 bits per heavy atom. The molecule has 0 aromatic rings. The monoisotopic (exact) mass is 234 g/mol. The van der Waals surface area contributed by atoms with Crippen molar-refractivity contribution in [1.82, 2.24) is 0 Å². The van der Waals surface area contributed by atoms with E-state index in [1.165, 1.54) is 25.7 Å². The van der Waals surface area contributed by atoms with Crippen LogP contribution in [0.4, 0.5) is 0 Å². The molecule has 0 N–H and O–H groups in total.